The molecule has 17 heavy (non-hydrogen) atoms. The van der Waals surface area contributed by atoms with E-state index in [9.17, 15) is 4.79 Å². The van der Waals surface area contributed by atoms with E-state index in [4.69, 9.17) is 0 Å². The van der Waals surface area contributed by atoms with E-state index in [1.807, 2.05) is 13.8 Å². The molecule has 4 nitrogen and oxygen atoms in total. The van der Waals surface area contributed by atoms with E-state index in [2.05, 4.69) is 25.8 Å². The predicted molar refractivity (Wildman–Crippen MR) is 73.0 cm³/mol. The second kappa shape index (κ2) is 5.21. The molecule has 0 N–H and O–H groups in total. The first-order valence-corrected chi connectivity index (χ1v) is 7.13. The average Bonchev–Trinajstić information content (AvgIpc) is 2.77. The third-order valence-corrected chi connectivity index (χ3v) is 4.13. The maximum atomic E-state index is 12.2. The van der Waals surface area contributed by atoms with Gasteiger partial charge < -0.3 is 9.47 Å². The maximum absolute atomic E-state index is 12.2. The van der Waals surface area contributed by atoms with Crippen molar-refractivity contribution in [2.75, 3.05) is 23.3 Å². The third-order valence-electron chi connectivity index (χ3n) is 3.21. The van der Waals surface area contributed by atoms with Gasteiger partial charge in [0.25, 0.3) is 5.56 Å². The lowest BCUT2D eigenvalue weighted by molar-refractivity contribution is 0.572. The van der Waals surface area contributed by atoms with Gasteiger partial charge in [0, 0.05) is 36.9 Å². The Morgan fingerprint density at radius 1 is 1.59 bits per heavy atom. The molecule has 1 aromatic rings. The fourth-order valence-electron chi connectivity index (χ4n) is 2.19. The molecule has 2 rings (SSSR count). The van der Waals surface area contributed by atoms with E-state index in [-0.39, 0.29) is 11.6 Å². The third kappa shape index (κ3) is 2.54. The number of rotatable bonds is 3. The van der Waals surface area contributed by atoms with Crippen LogP contribution >= 0.6 is 15.9 Å². The Hall–Kier alpha value is -0.840. The van der Waals surface area contributed by atoms with Crippen LogP contribution in [0.1, 0.15) is 26.3 Å². The average molecular weight is 300 g/mol. The van der Waals surface area contributed by atoms with E-state index >= 15 is 0 Å². The lowest BCUT2D eigenvalue weighted by atomic mass is 10.2. The van der Waals surface area contributed by atoms with Gasteiger partial charge in [0.05, 0.1) is 0 Å². The molecule has 1 fully saturated rings. The molecule has 0 saturated carbocycles. The zero-order valence-electron chi connectivity index (χ0n) is 10.3. The van der Waals surface area contributed by atoms with Crippen LogP contribution in [0.4, 0.5) is 5.82 Å². The molecule has 2 heterocycles. The highest BCUT2D eigenvalue weighted by molar-refractivity contribution is 9.09. The van der Waals surface area contributed by atoms with Crippen molar-refractivity contribution in [2.45, 2.75) is 26.3 Å². The van der Waals surface area contributed by atoms with Gasteiger partial charge in [-0.25, -0.2) is 4.98 Å². The number of hydrogen-bond acceptors (Lipinski definition) is 3. The Bertz CT molecular complexity index is 444. The van der Waals surface area contributed by atoms with Crippen molar-refractivity contribution in [1.82, 2.24) is 9.55 Å². The van der Waals surface area contributed by atoms with Crippen LogP contribution in [0.15, 0.2) is 17.2 Å². The van der Waals surface area contributed by atoms with Crippen LogP contribution in [0.25, 0.3) is 0 Å². The standard InChI is InChI=1S/C12H18BrN3O/c1-9(2)16-6-4-14-11(12(16)17)15-5-3-10(7-13)8-15/h4,6,9-10H,3,5,7-8H2,1-2H3. The minimum absolute atomic E-state index is 0.0257. The van der Waals surface area contributed by atoms with Gasteiger partial charge in [-0.05, 0) is 26.2 Å². The Labute approximate surface area is 110 Å². The van der Waals surface area contributed by atoms with Crippen LogP contribution in [0.5, 0.6) is 0 Å². The Balaban J connectivity index is 2.28. The van der Waals surface area contributed by atoms with Crippen LogP contribution in [0, 0.1) is 5.92 Å². The van der Waals surface area contributed by atoms with Gasteiger partial charge in [0.2, 0.25) is 0 Å². The van der Waals surface area contributed by atoms with Crippen molar-refractivity contribution < 1.29 is 0 Å². The quantitative estimate of drug-likeness (QED) is 0.802. The molecular weight excluding hydrogens is 282 g/mol. The van der Waals surface area contributed by atoms with Gasteiger partial charge in [-0.1, -0.05) is 15.9 Å². The molecule has 1 aromatic heterocycles. The Kier molecular flexibility index (Phi) is 3.86. The second-order valence-corrected chi connectivity index (χ2v) is 5.46. The highest BCUT2D eigenvalue weighted by atomic mass is 79.9. The van der Waals surface area contributed by atoms with Gasteiger partial charge in [-0.15, -0.1) is 0 Å². The van der Waals surface area contributed by atoms with E-state index in [0.29, 0.717) is 11.7 Å². The maximum Gasteiger partial charge on any atom is 0.293 e. The van der Waals surface area contributed by atoms with Crippen LogP contribution in [-0.4, -0.2) is 28.0 Å². The topological polar surface area (TPSA) is 38.1 Å². The summed E-state index contributed by atoms with van der Waals surface area (Å²) in [6.07, 6.45) is 4.61. The Morgan fingerprint density at radius 3 is 2.94 bits per heavy atom. The molecule has 1 unspecified atom stereocenters. The SMILES string of the molecule is CC(C)n1ccnc(N2CCC(CBr)C2)c1=O. The van der Waals surface area contributed by atoms with Gasteiger partial charge >= 0.3 is 0 Å². The van der Waals surface area contributed by atoms with Crippen molar-refractivity contribution >= 4 is 21.7 Å². The van der Waals surface area contributed by atoms with Crippen molar-refractivity contribution in [2.24, 2.45) is 5.92 Å². The van der Waals surface area contributed by atoms with Crippen LogP contribution < -0.4 is 10.5 Å². The van der Waals surface area contributed by atoms with E-state index in [1.54, 1.807) is 17.0 Å². The molecular formula is C12H18BrN3O. The fourth-order valence-corrected chi connectivity index (χ4v) is 2.72. The highest BCUT2D eigenvalue weighted by Crippen LogP contribution is 2.21. The van der Waals surface area contributed by atoms with Crippen molar-refractivity contribution in [3.8, 4) is 0 Å². The number of alkyl halides is 1. The number of anilines is 1. The first-order valence-electron chi connectivity index (χ1n) is 6.01. The normalized spacial score (nSPS) is 20.2. The summed E-state index contributed by atoms with van der Waals surface area (Å²) < 4.78 is 1.74. The summed E-state index contributed by atoms with van der Waals surface area (Å²) in [5, 5.41) is 0.995. The van der Waals surface area contributed by atoms with Gasteiger partial charge in [0.1, 0.15) is 0 Å². The van der Waals surface area contributed by atoms with Crippen LogP contribution in [0.3, 0.4) is 0 Å². The number of aromatic nitrogens is 2. The summed E-state index contributed by atoms with van der Waals surface area (Å²) in [4.78, 5) is 18.6. The summed E-state index contributed by atoms with van der Waals surface area (Å²) in [5.74, 6) is 1.23. The minimum atomic E-state index is 0.0257. The molecule has 0 amide bonds. The fraction of sp³-hybridized carbons (Fsp3) is 0.667. The predicted octanol–water partition coefficient (Wildman–Crippen LogP) is 2.05. The molecule has 5 heteroatoms. The van der Waals surface area contributed by atoms with E-state index < -0.39 is 0 Å². The molecule has 0 aromatic carbocycles. The lowest BCUT2D eigenvalue weighted by Gasteiger charge is -2.18. The first kappa shape index (κ1) is 12.6. The molecule has 1 aliphatic rings. The number of halogens is 1. The highest BCUT2D eigenvalue weighted by Gasteiger charge is 2.24. The van der Waals surface area contributed by atoms with Crippen molar-refractivity contribution in [1.29, 1.82) is 0 Å². The second-order valence-electron chi connectivity index (χ2n) is 4.81. The minimum Gasteiger partial charge on any atom is -0.352 e. The lowest BCUT2D eigenvalue weighted by Crippen LogP contribution is -2.32. The molecule has 0 radical (unpaired) electrons. The van der Waals surface area contributed by atoms with E-state index in [0.717, 1.165) is 24.8 Å². The molecule has 94 valence electrons. The van der Waals surface area contributed by atoms with Gasteiger partial charge in [-0.3, -0.25) is 4.79 Å². The van der Waals surface area contributed by atoms with Crippen LogP contribution in [0.2, 0.25) is 0 Å². The van der Waals surface area contributed by atoms with Gasteiger partial charge in [0.15, 0.2) is 5.82 Å². The summed E-state index contributed by atoms with van der Waals surface area (Å²) in [7, 11) is 0. The molecule has 0 bridgehead atoms. The van der Waals surface area contributed by atoms with Crippen molar-refractivity contribution in [3.63, 3.8) is 0 Å². The monoisotopic (exact) mass is 299 g/mol. The molecule has 0 spiro atoms. The van der Waals surface area contributed by atoms with Crippen molar-refractivity contribution in [3.05, 3.63) is 22.7 Å². The van der Waals surface area contributed by atoms with E-state index in [1.165, 1.54) is 0 Å². The summed E-state index contributed by atoms with van der Waals surface area (Å²) in [6, 6.07) is 0.179. The van der Waals surface area contributed by atoms with Crippen LogP contribution in [-0.2, 0) is 0 Å². The summed E-state index contributed by atoms with van der Waals surface area (Å²) >= 11 is 3.50. The molecule has 1 saturated heterocycles. The molecule has 0 aliphatic carbocycles. The number of hydrogen-bond donors (Lipinski definition) is 0. The van der Waals surface area contributed by atoms with Gasteiger partial charge in [-0.2, -0.15) is 0 Å². The zero-order chi connectivity index (χ0) is 12.4. The first-order chi connectivity index (χ1) is 8.13. The smallest absolute Gasteiger partial charge is 0.293 e. The molecule has 1 aliphatic heterocycles. The summed E-state index contributed by atoms with van der Waals surface area (Å²) in [6.45, 7) is 5.88. The Morgan fingerprint density at radius 2 is 2.35 bits per heavy atom. The largest absolute Gasteiger partial charge is 0.352 e. The summed E-state index contributed by atoms with van der Waals surface area (Å²) in [5.41, 5.74) is 0.0257. The molecule has 1 atom stereocenters. The number of nitrogens with zero attached hydrogens (tertiary/aromatic N) is 3. The zero-order valence-corrected chi connectivity index (χ0v) is 11.9.